The van der Waals surface area contributed by atoms with E-state index in [1.807, 2.05) is 38.1 Å². The summed E-state index contributed by atoms with van der Waals surface area (Å²) in [4.78, 5) is 35.9. The lowest BCUT2D eigenvalue weighted by Crippen LogP contribution is -2.50. The third kappa shape index (κ3) is 5.88. The number of carbonyl (C=O) groups excluding carboxylic acids is 2. The van der Waals surface area contributed by atoms with E-state index in [4.69, 9.17) is 9.72 Å². The van der Waals surface area contributed by atoms with Crippen molar-refractivity contribution in [2.45, 2.75) is 46.5 Å². The zero-order chi connectivity index (χ0) is 30.4. The number of aryl methyl sites for hydroxylation is 3. The number of likely N-dealkylation sites (N-methyl/N-ethyl adjacent to an activating group) is 1. The van der Waals surface area contributed by atoms with Crippen molar-refractivity contribution in [3.8, 4) is 17.0 Å². The first-order valence-electron chi connectivity index (χ1n) is 15.0. The summed E-state index contributed by atoms with van der Waals surface area (Å²) in [5.74, 6) is 1.10. The normalized spacial score (nSPS) is 22.1. The zero-order valence-electron chi connectivity index (χ0n) is 25.2. The van der Waals surface area contributed by atoms with Crippen LogP contribution in [0.25, 0.3) is 11.3 Å². The van der Waals surface area contributed by atoms with Gasteiger partial charge in [0.15, 0.2) is 11.4 Å². The molecule has 3 aromatic rings. The van der Waals surface area contributed by atoms with E-state index in [2.05, 4.69) is 23.3 Å². The molecule has 0 radical (unpaired) electrons. The van der Waals surface area contributed by atoms with Crippen LogP contribution in [0.1, 0.15) is 45.5 Å². The predicted octanol–water partition coefficient (Wildman–Crippen LogP) is 4.00. The van der Waals surface area contributed by atoms with Gasteiger partial charge in [-0.1, -0.05) is 11.6 Å². The topological polar surface area (TPSA) is 106 Å². The third-order valence-electron chi connectivity index (χ3n) is 9.48. The van der Waals surface area contributed by atoms with Crippen molar-refractivity contribution < 1.29 is 24.5 Å². The second-order valence-corrected chi connectivity index (χ2v) is 13.3. The first-order valence-corrected chi connectivity index (χ1v) is 15.9. The van der Waals surface area contributed by atoms with E-state index in [-0.39, 0.29) is 36.1 Å². The lowest BCUT2D eigenvalue weighted by molar-refractivity contribution is -0.133. The van der Waals surface area contributed by atoms with Crippen molar-refractivity contribution in [3.05, 3.63) is 63.5 Å². The molecule has 2 bridgehead atoms. The summed E-state index contributed by atoms with van der Waals surface area (Å²) in [6.45, 7) is 9.17. The molecule has 6 rings (SSSR count). The average Bonchev–Trinajstić information content (AvgIpc) is 3.57. The number of hydrogen-bond donors (Lipinski definition) is 2. The molecule has 10 heteroatoms. The summed E-state index contributed by atoms with van der Waals surface area (Å²) in [5.41, 5.74) is 6.48. The molecular weight excluding hydrogens is 564 g/mol. The van der Waals surface area contributed by atoms with Crippen LogP contribution in [-0.2, 0) is 11.4 Å². The van der Waals surface area contributed by atoms with Gasteiger partial charge in [-0.15, -0.1) is 11.3 Å². The minimum Gasteiger partial charge on any atom is -0.488 e. The molecule has 2 N–H and O–H groups in total. The number of piperidine rings is 1. The number of aliphatic hydroxyl groups is 2. The Bertz CT molecular complexity index is 1500. The summed E-state index contributed by atoms with van der Waals surface area (Å²) in [5, 5.41) is 22.8. The molecule has 3 heterocycles. The molecule has 1 unspecified atom stereocenters. The predicted molar refractivity (Wildman–Crippen MR) is 166 cm³/mol. The van der Waals surface area contributed by atoms with Crippen molar-refractivity contribution in [2.75, 3.05) is 44.7 Å². The molecule has 228 valence electrons. The quantitative estimate of drug-likeness (QED) is 0.393. The average molecular weight is 605 g/mol. The number of thiazole rings is 1. The maximum absolute atomic E-state index is 13.2. The van der Waals surface area contributed by atoms with Gasteiger partial charge in [-0.2, -0.15) is 0 Å². The SMILES string of the molecule is Cc1ccc(OCc2c(C)cc(C(=O)N3CCN(C)C(=O)C3)cc2C)c(-c2csc(N3C[C@H]4CC[C@@H](C3)C4C(O)O)n2)c1. The monoisotopic (exact) mass is 604 g/mol. The van der Waals surface area contributed by atoms with Crippen LogP contribution in [-0.4, -0.2) is 82.9 Å². The number of nitrogens with zero attached hydrogens (tertiary/aromatic N) is 4. The number of carbonyl (C=O) groups is 2. The minimum absolute atomic E-state index is 0.0393. The van der Waals surface area contributed by atoms with Crippen molar-refractivity contribution in [1.29, 1.82) is 0 Å². The Labute approximate surface area is 256 Å². The number of benzene rings is 2. The van der Waals surface area contributed by atoms with Crippen LogP contribution in [0.3, 0.4) is 0 Å². The molecule has 1 aliphatic carbocycles. The molecule has 2 amide bonds. The van der Waals surface area contributed by atoms with Crippen LogP contribution < -0.4 is 9.64 Å². The minimum atomic E-state index is -1.25. The van der Waals surface area contributed by atoms with Gasteiger partial charge in [0.05, 0.1) is 5.69 Å². The molecule has 3 fully saturated rings. The molecule has 2 aliphatic heterocycles. The van der Waals surface area contributed by atoms with E-state index in [9.17, 15) is 19.8 Å². The number of aliphatic hydroxyl groups excluding tert-OH is 1. The second kappa shape index (κ2) is 11.9. The number of hydrogen-bond acceptors (Lipinski definition) is 8. The molecule has 0 spiro atoms. The number of ether oxygens (including phenoxy) is 1. The van der Waals surface area contributed by atoms with Gasteiger partial charge in [-0.05, 0) is 86.4 Å². The van der Waals surface area contributed by atoms with Gasteiger partial charge in [0, 0.05) is 55.7 Å². The van der Waals surface area contributed by atoms with Gasteiger partial charge < -0.3 is 29.6 Å². The van der Waals surface area contributed by atoms with Gasteiger partial charge >= 0.3 is 0 Å². The molecule has 3 aliphatic rings. The highest BCUT2D eigenvalue weighted by atomic mass is 32.1. The highest BCUT2D eigenvalue weighted by Gasteiger charge is 2.45. The Morgan fingerprint density at radius 2 is 1.77 bits per heavy atom. The van der Waals surface area contributed by atoms with Crippen molar-refractivity contribution in [2.24, 2.45) is 17.8 Å². The number of anilines is 1. The number of amides is 2. The van der Waals surface area contributed by atoms with Crippen LogP contribution in [0.2, 0.25) is 0 Å². The summed E-state index contributed by atoms with van der Waals surface area (Å²) in [7, 11) is 1.76. The fourth-order valence-corrected chi connectivity index (χ4v) is 7.87. The fourth-order valence-electron chi connectivity index (χ4n) is 7.02. The highest BCUT2D eigenvalue weighted by Crippen LogP contribution is 2.45. The highest BCUT2D eigenvalue weighted by molar-refractivity contribution is 7.14. The van der Waals surface area contributed by atoms with E-state index in [0.29, 0.717) is 25.3 Å². The summed E-state index contributed by atoms with van der Waals surface area (Å²) < 4.78 is 6.43. The number of rotatable bonds is 7. The van der Waals surface area contributed by atoms with E-state index in [1.165, 1.54) is 0 Å². The van der Waals surface area contributed by atoms with Gasteiger partial charge in [0.2, 0.25) is 5.91 Å². The maximum Gasteiger partial charge on any atom is 0.254 e. The third-order valence-corrected chi connectivity index (χ3v) is 10.4. The Hall–Kier alpha value is -3.47. The molecule has 2 saturated heterocycles. The number of piperazine rings is 1. The van der Waals surface area contributed by atoms with Gasteiger partial charge in [-0.25, -0.2) is 4.98 Å². The first-order chi connectivity index (χ1) is 20.6. The van der Waals surface area contributed by atoms with Gasteiger partial charge in [0.25, 0.3) is 5.91 Å². The van der Waals surface area contributed by atoms with Crippen LogP contribution in [0.5, 0.6) is 5.75 Å². The van der Waals surface area contributed by atoms with Crippen molar-refractivity contribution in [1.82, 2.24) is 14.8 Å². The molecule has 9 nitrogen and oxygen atoms in total. The number of fused-ring (bicyclic) bond motifs is 2. The smallest absolute Gasteiger partial charge is 0.254 e. The number of aromatic nitrogens is 1. The van der Waals surface area contributed by atoms with Crippen LogP contribution in [0.4, 0.5) is 5.13 Å². The molecule has 1 saturated carbocycles. The Morgan fingerprint density at radius 1 is 1.07 bits per heavy atom. The van der Waals surface area contributed by atoms with E-state index in [1.54, 1.807) is 28.2 Å². The zero-order valence-corrected chi connectivity index (χ0v) is 26.1. The first kappa shape index (κ1) is 29.6. The largest absolute Gasteiger partial charge is 0.488 e. The Kier molecular flexibility index (Phi) is 8.19. The van der Waals surface area contributed by atoms with Gasteiger partial charge in [0.1, 0.15) is 18.9 Å². The van der Waals surface area contributed by atoms with Crippen molar-refractivity contribution >= 4 is 28.3 Å². The van der Waals surface area contributed by atoms with Crippen LogP contribution >= 0.6 is 11.3 Å². The molecule has 43 heavy (non-hydrogen) atoms. The van der Waals surface area contributed by atoms with E-state index >= 15 is 0 Å². The van der Waals surface area contributed by atoms with E-state index in [0.717, 1.165) is 70.3 Å². The fraction of sp³-hybridized carbons (Fsp3) is 0.485. The van der Waals surface area contributed by atoms with Crippen LogP contribution in [0, 0.1) is 38.5 Å². The Balaban J connectivity index is 1.17. The second-order valence-electron chi connectivity index (χ2n) is 12.4. The Morgan fingerprint density at radius 3 is 2.42 bits per heavy atom. The van der Waals surface area contributed by atoms with Crippen molar-refractivity contribution in [3.63, 3.8) is 0 Å². The lowest BCUT2D eigenvalue weighted by atomic mass is 9.85. The molecule has 3 atom stereocenters. The molecule has 1 aromatic heterocycles. The van der Waals surface area contributed by atoms with Gasteiger partial charge in [-0.3, -0.25) is 9.59 Å². The summed E-state index contributed by atoms with van der Waals surface area (Å²) in [6, 6.07) is 9.92. The summed E-state index contributed by atoms with van der Waals surface area (Å²) in [6.07, 6.45) is 0.812. The molecular formula is C33H40N4O5S. The van der Waals surface area contributed by atoms with E-state index < -0.39 is 6.29 Å². The lowest BCUT2D eigenvalue weighted by Gasteiger charge is -2.38. The maximum atomic E-state index is 13.2. The summed E-state index contributed by atoms with van der Waals surface area (Å²) >= 11 is 1.62. The molecule has 2 aromatic carbocycles. The standard InChI is InChI=1S/C33H40N4O5S/c1-19-5-8-28(25(11-19)27-18-43-33(34-27)37-14-22-6-7-23(15-37)30(22)32(40)41)42-17-26-20(2)12-24(13-21(26)3)31(39)36-10-9-35(4)29(38)16-36/h5,8,11-13,18,22-23,30,32,40-41H,6-7,9-10,14-17H2,1-4H3/t22-,23+,30?. The van der Waals surface area contributed by atoms with Crippen LogP contribution in [0.15, 0.2) is 35.7 Å².